The summed E-state index contributed by atoms with van der Waals surface area (Å²) >= 11 is 0. The zero-order valence-corrected chi connectivity index (χ0v) is 13.6. The van der Waals surface area contributed by atoms with Crippen LogP contribution in [0.1, 0.15) is 19.4 Å². The number of rotatable bonds is 6. The van der Waals surface area contributed by atoms with E-state index in [4.69, 9.17) is 0 Å². The highest BCUT2D eigenvalue weighted by Gasteiger charge is 2.10. The van der Waals surface area contributed by atoms with Crippen molar-refractivity contribution in [2.45, 2.75) is 18.7 Å². The Morgan fingerprint density at radius 2 is 1.55 bits per heavy atom. The van der Waals surface area contributed by atoms with E-state index in [2.05, 4.69) is 23.1 Å². The van der Waals surface area contributed by atoms with E-state index in [-0.39, 0.29) is 4.90 Å². The van der Waals surface area contributed by atoms with E-state index in [1.54, 1.807) is 18.2 Å². The Bertz CT molecular complexity index is 719. The SMILES string of the molecule is CCN(CC)c1ccc(C=NS(=O)(=O)c2ccccc2)cc1. The van der Waals surface area contributed by atoms with Crippen molar-refractivity contribution in [3.8, 4) is 0 Å². The highest BCUT2D eigenvalue weighted by atomic mass is 32.2. The number of nitrogens with zero attached hydrogens (tertiary/aromatic N) is 2. The normalized spacial score (nSPS) is 11.7. The van der Waals surface area contributed by atoms with Gasteiger partial charge in [0, 0.05) is 25.0 Å². The minimum Gasteiger partial charge on any atom is -0.372 e. The Morgan fingerprint density at radius 3 is 2.09 bits per heavy atom. The molecule has 4 nitrogen and oxygen atoms in total. The Morgan fingerprint density at radius 1 is 0.955 bits per heavy atom. The molecule has 0 saturated heterocycles. The first kappa shape index (κ1) is 16.2. The molecule has 0 atom stereocenters. The van der Waals surface area contributed by atoms with Gasteiger partial charge in [-0.3, -0.25) is 0 Å². The second-order valence-electron chi connectivity index (χ2n) is 4.79. The fraction of sp³-hybridized carbons (Fsp3) is 0.235. The Balaban J connectivity index is 2.17. The van der Waals surface area contributed by atoms with Crippen molar-refractivity contribution < 1.29 is 8.42 Å². The lowest BCUT2D eigenvalue weighted by molar-refractivity contribution is 0.598. The third kappa shape index (κ3) is 3.95. The number of hydrogen-bond donors (Lipinski definition) is 0. The summed E-state index contributed by atoms with van der Waals surface area (Å²) in [5.74, 6) is 0. The second-order valence-corrected chi connectivity index (χ2v) is 6.42. The van der Waals surface area contributed by atoms with Crippen LogP contribution in [0.4, 0.5) is 5.69 Å². The fourth-order valence-corrected chi connectivity index (χ4v) is 3.03. The lowest BCUT2D eigenvalue weighted by Gasteiger charge is -2.20. The van der Waals surface area contributed by atoms with Crippen LogP contribution in [0.5, 0.6) is 0 Å². The number of sulfonamides is 1. The molecule has 22 heavy (non-hydrogen) atoms. The zero-order chi connectivity index (χ0) is 16.0. The van der Waals surface area contributed by atoms with Gasteiger partial charge in [-0.1, -0.05) is 30.3 Å². The molecule has 0 radical (unpaired) electrons. The molecule has 0 heterocycles. The van der Waals surface area contributed by atoms with Gasteiger partial charge in [-0.05, 0) is 43.7 Å². The second kappa shape index (κ2) is 7.22. The van der Waals surface area contributed by atoms with E-state index in [9.17, 15) is 8.42 Å². The van der Waals surface area contributed by atoms with Gasteiger partial charge >= 0.3 is 0 Å². The monoisotopic (exact) mass is 316 g/mol. The summed E-state index contributed by atoms with van der Waals surface area (Å²) in [4.78, 5) is 2.42. The van der Waals surface area contributed by atoms with Gasteiger partial charge in [-0.15, -0.1) is 0 Å². The topological polar surface area (TPSA) is 49.7 Å². The molecule has 0 bridgehead atoms. The number of benzene rings is 2. The van der Waals surface area contributed by atoms with Gasteiger partial charge in [0.1, 0.15) is 0 Å². The molecule has 0 N–H and O–H groups in total. The number of hydrogen-bond acceptors (Lipinski definition) is 3. The van der Waals surface area contributed by atoms with E-state index < -0.39 is 10.0 Å². The fourth-order valence-electron chi connectivity index (χ4n) is 2.14. The zero-order valence-electron chi connectivity index (χ0n) is 12.8. The maximum atomic E-state index is 12.1. The number of anilines is 1. The predicted molar refractivity (Wildman–Crippen MR) is 91.2 cm³/mol. The van der Waals surface area contributed by atoms with Gasteiger partial charge in [0.15, 0.2) is 0 Å². The molecule has 0 aliphatic heterocycles. The smallest absolute Gasteiger partial charge is 0.282 e. The average molecular weight is 316 g/mol. The van der Waals surface area contributed by atoms with Gasteiger partial charge in [-0.25, -0.2) is 0 Å². The standard InChI is InChI=1S/C17H20N2O2S/c1-3-19(4-2)16-12-10-15(11-13-16)14-18-22(20,21)17-8-6-5-7-9-17/h5-14H,3-4H2,1-2H3. The maximum absolute atomic E-state index is 12.1. The van der Waals surface area contributed by atoms with Crippen LogP contribution in [-0.2, 0) is 10.0 Å². The molecule has 0 aliphatic carbocycles. The summed E-state index contributed by atoms with van der Waals surface area (Å²) in [6, 6.07) is 15.9. The van der Waals surface area contributed by atoms with Gasteiger partial charge < -0.3 is 4.90 Å². The van der Waals surface area contributed by atoms with Crippen molar-refractivity contribution in [3.05, 3.63) is 60.2 Å². The van der Waals surface area contributed by atoms with Crippen LogP contribution in [0.2, 0.25) is 0 Å². The highest BCUT2D eigenvalue weighted by molar-refractivity contribution is 7.90. The van der Waals surface area contributed by atoms with Gasteiger partial charge in [0.05, 0.1) is 4.90 Å². The van der Waals surface area contributed by atoms with Crippen molar-refractivity contribution in [3.63, 3.8) is 0 Å². The summed E-state index contributed by atoms with van der Waals surface area (Å²) in [5.41, 5.74) is 1.88. The molecule has 0 aliphatic rings. The van der Waals surface area contributed by atoms with Crippen molar-refractivity contribution in [1.82, 2.24) is 0 Å². The summed E-state index contributed by atoms with van der Waals surface area (Å²) < 4.78 is 27.9. The van der Waals surface area contributed by atoms with E-state index in [0.29, 0.717) is 0 Å². The molecule has 0 saturated carbocycles. The van der Waals surface area contributed by atoms with Gasteiger partial charge in [0.25, 0.3) is 10.0 Å². The lowest BCUT2D eigenvalue weighted by atomic mass is 10.2. The minimum atomic E-state index is -3.64. The quantitative estimate of drug-likeness (QED) is 0.768. The molecule has 2 aromatic carbocycles. The van der Waals surface area contributed by atoms with Crippen LogP contribution in [0.3, 0.4) is 0 Å². The van der Waals surface area contributed by atoms with E-state index in [1.165, 1.54) is 18.3 Å². The molecule has 2 aromatic rings. The molecule has 0 aromatic heterocycles. The maximum Gasteiger partial charge on any atom is 0.282 e. The van der Waals surface area contributed by atoms with Gasteiger partial charge in [0.2, 0.25) is 0 Å². The molecule has 5 heteroatoms. The first-order valence-electron chi connectivity index (χ1n) is 7.27. The van der Waals surface area contributed by atoms with Crippen molar-refractivity contribution in [1.29, 1.82) is 0 Å². The summed E-state index contributed by atoms with van der Waals surface area (Å²) in [7, 11) is -3.64. The van der Waals surface area contributed by atoms with Crippen LogP contribution in [0.15, 0.2) is 63.9 Å². The van der Waals surface area contributed by atoms with Gasteiger partial charge in [-0.2, -0.15) is 12.8 Å². The van der Waals surface area contributed by atoms with Crippen molar-refractivity contribution >= 4 is 21.9 Å². The predicted octanol–water partition coefficient (Wildman–Crippen LogP) is 3.34. The lowest BCUT2D eigenvalue weighted by Crippen LogP contribution is -2.21. The molecular weight excluding hydrogens is 296 g/mol. The minimum absolute atomic E-state index is 0.200. The molecule has 0 amide bonds. The van der Waals surface area contributed by atoms with E-state index in [0.717, 1.165) is 24.3 Å². The Labute approximate surface area is 132 Å². The highest BCUT2D eigenvalue weighted by Crippen LogP contribution is 2.15. The molecule has 116 valence electrons. The van der Waals surface area contributed by atoms with Crippen LogP contribution in [0, 0.1) is 0 Å². The summed E-state index contributed by atoms with van der Waals surface area (Å²) in [6.45, 7) is 6.08. The molecule has 0 spiro atoms. The molecule has 2 rings (SSSR count). The Hall–Kier alpha value is -2.14. The van der Waals surface area contributed by atoms with Crippen LogP contribution in [0.25, 0.3) is 0 Å². The molecule has 0 unspecified atom stereocenters. The molecule has 0 fully saturated rings. The third-order valence-corrected chi connectivity index (χ3v) is 4.65. The Kier molecular flexibility index (Phi) is 5.33. The first-order chi connectivity index (χ1) is 10.6. The van der Waals surface area contributed by atoms with Crippen LogP contribution >= 0.6 is 0 Å². The summed E-state index contributed by atoms with van der Waals surface area (Å²) in [6.07, 6.45) is 1.38. The van der Waals surface area contributed by atoms with Crippen LogP contribution in [-0.4, -0.2) is 27.7 Å². The average Bonchev–Trinajstić information content (AvgIpc) is 2.56. The summed E-state index contributed by atoms with van der Waals surface area (Å²) in [5, 5.41) is 0. The van der Waals surface area contributed by atoms with Crippen LogP contribution < -0.4 is 4.90 Å². The molecular formula is C17H20N2O2S. The third-order valence-electron chi connectivity index (χ3n) is 3.40. The van der Waals surface area contributed by atoms with E-state index in [1.807, 2.05) is 24.3 Å². The van der Waals surface area contributed by atoms with Crippen molar-refractivity contribution in [2.24, 2.45) is 4.40 Å². The van der Waals surface area contributed by atoms with Crippen molar-refractivity contribution in [2.75, 3.05) is 18.0 Å². The largest absolute Gasteiger partial charge is 0.372 e. The van der Waals surface area contributed by atoms with E-state index >= 15 is 0 Å². The first-order valence-corrected chi connectivity index (χ1v) is 8.71.